The van der Waals surface area contributed by atoms with Crippen LogP contribution in [0.2, 0.25) is 0 Å². The predicted molar refractivity (Wildman–Crippen MR) is 123 cm³/mol. The molecular weight excluding hydrogens is 445 g/mol. The van der Waals surface area contributed by atoms with E-state index in [0.29, 0.717) is 58.0 Å². The Morgan fingerprint density at radius 3 is 2.58 bits per heavy atom. The Hall–Kier alpha value is -3.40. The van der Waals surface area contributed by atoms with Gasteiger partial charge in [-0.2, -0.15) is 4.98 Å². The van der Waals surface area contributed by atoms with Crippen LogP contribution in [0, 0.1) is 11.7 Å². The number of ether oxygens (including phenoxy) is 2. The first-order chi connectivity index (χ1) is 16.0. The molecule has 0 unspecified atom stereocenters. The van der Waals surface area contributed by atoms with Crippen LogP contribution in [-0.2, 0) is 12.3 Å². The summed E-state index contributed by atoms with van der Waals surface area (Å²) >= 11 is 1.41. The van der Waals surface area contributed by atoms with Gasteiger partial charge in [-0.25, -0.2) is 4.39 Å². The average Bonchev–Trinajstić information content (AvgIpc) is 3.44. The highest BCUT2D eigenvalue weighted by molar-refractivity contribution is 7.98. The van der Waals surface area contributed by atoms with Gasteiger partial charge in [-0.3, -0.25) is 0 Å². The van der Waals surface area contributed by atoms with Gasteiger partial charge in [0.2, 0.25) is 11.7 Å². The fourth-order valence-electron chi connectivity index (χ4n) is 3.30. The number of hydrogen-bond acceptors (Lipinski definition) is 8. The fraction of sp³-hybridized carbons (Fsp3) is 0.304. The van der Waals surface area contributed by atoms with Crippen LogP contribution in [0.25, 0.3) is 22.8 Å². The van der Waals surface area contributed by atoms with Crippen LogP contribution in [0.1, 0.15) is 19.7 Å². The van der Waals surface area contributed by atoms with Crippen LogP contribution in [0.5, 0.6) is 11.5 Å². The Morgan fingerprint density at radius 2 is 1.85 bits per heavy atom. The van der Waals surface area contributed by atoms with Crippen LogP contribution >= 0.6 is 11.8 Å². The van der Waals surface area contributed by atoms with E-state index in [1.165, 1.54) is 17.8 Å². The number of thioether (sulfide) groups is 1. The monoisotopic (exact) mass is 469 g/mol. The maximum absolute atomic E-state index is 14.4. The van der Waals surface area contributed by atoms with Gasteiger partial charge >= 0.3 is 0 Å². The Morgan fingerprint density at radius 1 is 1.06 bits per heavy atom. The summed E-state index contributed by atoms with van der Waals surface area (Å²) in [5.41, 5.74) is 1.17. The molecule has 0 radical (unpaired) electrons. The number of methoxy groups -OCH3 is 2. The van der Waals surface area contributed by atoms with E-state index in [9.17, 15) is 4.39 Å². The van der Waals surface area contributed by atoms with Crippen molar-refractivity contribution in [1.82, 2.24) is 24.9 Å². The van der Waals surface area contributed by atoms with E-state index in [-0.39, 0.29) is 5.82 Å². The highest BCUT2D eigenvalue weighted by Crippen LogP contribution is 2.32. The van der Waals surface area contributed by atoms with Gasteiger partial charge in [-0.05, 0) is 36.2 Å². The van der Waals surface area contributed by atoms with Gasteiger partial charge in [-0.15, -0.1) is 10.2 Å². The molecule has 0 N–H and O–H groups in total. The molecule has 10 heteroatoms. The molecule has 0 fully saturated rings. The van der Waals surface area contributed by atoms with Crippen molar-refractivity contribution >= 4 is 11.8 Å². The van der Waals surface area contributed by atoms with Crippen molar-refractivity contribution in [2.24, 2.45) is 5.92 Å². The molecule has 0 bridgehead atoms. The van der Waals surface area contributed by atoms with Crippen LogP contribution in [0.3, 0.4) is 0 Å². The molecule has 0 atom stereocenters. The van der Waals surface area contributed by atoms with Gasteiger partial charge in [0.05, 0.1) is 25.5 Å². The van der Waals surface area contributed by atoms with Crippen molar-refractivity contribution in [2.75, 3.05) is 14.2 Å². The molecule has 0 aliphatic carbocycles. The van der Waals surface area contributed by atoms with Crippen LogP contribution in [0.4, 0.5) is 4.39 Å². The standard InChI is InChI=1S/C23H24FN5O3S/c1-14(2)12-29-22(16-7-5-6-8-17(16)24)26-27-23(29)33-13-20-25-21(28-32-20)15-9-10-18(30-3)19(11-15)31-4/h5-11,14H,12-13H2,1-4H3. The van der Waals surface area contributed by atoms with E-state index in [2.05, 4.69) is 34.2 Å². The average molecular weight is 470 g/mol. The van der Waals surface area contributed by atoms with Crippen LogP contribution in [-0.4, -0.2) is 39.1 Å². The number of halogens is 1. The van der Waals surface area contributed by atoms with Crippen molar-refractivity contribution in [3.05, 3.63) is 54.2 Å². The van der Waals surface area contributed by atoms with E-state index in [0.717, 1.165) is 5.56 Å². The van der Waals surface area contributed by atoms with Gasteiger partial charge in [0.1, 0.15) is 5.82 Å². The molecule has 0 aliphatic rings. The van der Waals surface area contributed by atoms with E-state index < -0.39 is 0 Å². The summed E-state index contributed by atoms with van der Waals surface area (Å²) in [7, 11) is 3.15. The molecule has 2 aromatic heterocycles. The second kappa shape index (κ2) is 10.0. The third-order valence-electron chi connectivity index (χ3n) is 4.81. The van der Waals surface area contributed by atoms with Crippen molar-refractivity contribution in [3.8, 4) is 34.3 Å². The second-order valence-electron chi connectivity index (χ2n) is 7.66. The first-order valence-corrected chi connectivity index (χ1v) is 11.3. The summed E-state index contributed by atoms with van der Waals surface area (Å²) in [5, 5.41) is 13.3. The normalized spacial score (nSPS) is 11.2. The highest BCUT2D eigenvalue weighted by Gasteiger charge is 2.19. The Labute approximate surface area is 195 Å². The maximum Gasteiger partial charge on any atom is 0.237 e. The topological polar surface area (TPSA) is 88.1 Å². The summed E-state index contributed by atoms with van der Waals surface area (Å²) < 4.78 is 32.4. The highest BCUT2D eigenvalue weighted by atomic mass is 32.2. The summed E-state index contributed by atoms with van der Waals surface area (Å²) in [6.07, 6.45) is 0. The molecule has 2 aromatic carbocycles. The molecule has 4 aromatic rings. The summed E-state index contributed by atoms with van der Waals surface area (Å²) in [4.78, 5) is 4.48. The quantitative estimate of drug-likeness (QED) is 0.313. The van der Waals surface area contributed by atoms with E-state index >= 15 is 0 Å². The number of hydrogen-bond donors (Lipinski definition) is 0. The predicted octanol–water partition coefficient (Wildman–Crippen LogP) is 5.10. The van der Waals surface area contributed by atoms with Crippen molar-refractivity contribution in [3.63, 3.8) is 0 Å². The molecule has 8 nitrogen and oxygen atoms in total. The summed E-state index contributed by atoms with van der Waals surface area (Å²) in [5.74, 6) is 2.98. The Balaban J connectivity index is 1.54. The van der Waals surface area contributed by atoms with Gasteiger partial charge < -0.3 is 18.6 Å². The van der Waals surface area contributed by atoms with Gasteiger partial charge in [0.25, 0.3) is 0 Å². The zero-order chi connectivity index (χ0) is 23.4. The molecule has 2 heterocycles. The van der Waals surface area contributed by atoms with E-state index in [4.69, 9.17) is 14.0 Å². The molecule has 172 valence electrons. The minimum absolute atomic E-state index is 0.325. The van der Waals surface area contributed by atoms with E-state index in [1.54, 1.807) is 44.6 Å². The van der Waals surface area contributed by atoms with E-state index in [1.807, 2.05) is 10.6 Å². The van der Waals surface area contributed by atoms with Crippen molar-refractivity contribution in [2.45, 2.75) is 31.3 Å². The lowest BCUT2D eigenvalue weighted by Gasteiger charge is -2.12. The summed E-state index contributed by atoms with van der Waals surface area (Å²) in [6, 6.07) is 12.0. The third-order valence-corrected chi connectivity index (χ3v) is 5.77. The summed E-state index contributed by atoms with van der Waals surface area (Å²) in [6.45, 7) is 4.83. The zero-order valence-corrected chi connectivity index (χ0v) is 19.6. The SMILES string of the molecule is COc1ccc(-c2noc(CSc3nnc(-c4ccccc4F)n3CC(C)C)n2)cc1OC. The smallest absolute Gasteiger partial charge is 0.237 e. The lowest BCUT2D eigenvalue weighted by Crippen LogP contribution is -2.08. The molecule has 33 heavy (non-hydrogen) atoms. The first-order valence-electron chi connectivity index (χ1n) is 10.4. The molecule has 0 saturated heterocycles. The zero-order valence-electron chi connectivity index (χ0n) is 18.8. The molecule has 4 rings (SSSR count). The second-order valence-corrected chi connectivity index (χ2v) is 8.60. The van der Waals surface area contributed by atoms with Crippen molar-refractivity contribution in [1.29, 1.82) is 0 Å². The van der Waals surface area contributed by atoms with Gasteiger partial charge in [-0.1, -0.05) is 42.9 Å². The number of nitrogens with zero attached hydrogens (tertiary/aromatic N) is 5. The lowest BCUT2D eigenvalue weighted by molar-refractivity contribution is 0.355. The fourth-order valence-corrected chi connectivity index (χ4v) is 4.08. The minimum Gasteiger partial charge on any atom is -0.493 e. The molecule has 0 spiro atoms. The minimum atomic E-state index is -0.331. The number of benzene rings is 2. The number of aromatic nitrogens is 5. The Kier molecular flexibility index (Phi) is 6.93. The molecular formula is C23H24FN5O3S. The maximum atomic E-state index is 14.4. The number of rotatable bonds is 9. The molecule has 0 aliphatic heterocycles. The largest absolute Gasteiger partial charge is 0.493 e. The lowest BCUT2D eigenvalue weighted by atomic mass is 10.2. The van der Waals surface area contributed by atoms with Crippen molar-refractivity contribution < 1.29 is 18.4 Å². The first kappa shape index (κ1) is 22.8. The molecule has 0 amide bonds. The molecule has 0 saturated carbocycles. The third kappa shape index (κ3) is 5.00. The van der Waals surface area contributed by atoms with Crippen LogP contribution < -0.4 is 9.47 Å². The van der Waals surface area contributed by atoms with Crippen LogP contribution in [0.15, 0.2) is 52.1 Å². The van der Waals surface area contributed by atoms with Gasteiger partial charge in [0.15, 0.2) is 22.5 Å². The Bertz CT molecular complexity index is 1240. The van der Waals surface area contributed by atoms with Gasteiger partial charge in [0, 0.05) is 12.1 Å².